The Kier molecular flexibility index (Phi) is 6.60. The quantitative estimate of drug-likeness (QED) is 0.545. The van der Waals surface area contributed by atoms with E-state index in [0.717, 1.165) is 16.0 Å². The number of carbonyl (C=O) groups is 3. The van der Waals surface area contributed by atoms with Gasteiger partial charge in [-0.25, -0.2) is 4.98 Å². The van der Waals surface area contributed by atoms with Crippen LogP contribution in [0, 0.1) is 5.92 Å². The third-order valence-corrected chi connectivity index (χ3v) is 6.39. The average molecular weight is 467 g/mol. The summed E-state index contributed by atoms with van der Waals surface area (Å²) in [5.74, 6) is -0.0788. The summed E-state index contributed by atoms with van der Waals surface area (Å²) in [6.45, 7) is 6.81. The SMILES string of the molecule is CCOc1ccc2nc(NC(=O)c3ccc(NC(=O)C4CC(=O)N(C(C)C)C4)cc3)sc2c1. The van der Waals surface area contributed by atoms with Gasteiger partial charge >= 0.3 is 0 Å². The molecule has 1 fully saturated rings. The van der Waals surface area contributed by atoms with Crippen LogP contribution in [0.25, 0.3) is 10.2 Å². The number of nitrogens with zero attached hydrogens (tertiary/aromatic N) is 2. The van der Waals surface area contributed by atoms with Crippen molar-refractivity contribution >= 4 is 50.1 Å². The maximum Gasteiger partial charge on any atom is 0.257 e. The highest BCUT2D eigenvalue weighted by Gasteiger charge is 2.35. The molecular weight excluding hydrogens is 440 g/mol. The number of ether oxygens (including phenoxy) is 1. The smallest absolute Gasteiger partial charge is 0.257 e. The van der Waals surface area contributed by atoms with Crippen LogP contribution in [0.4, 0.5) is 10.8 Å². The van der Waals surface area contributed by atoms with Crippen LogP contribution in [0.5, 0.6) is 5.75 Å². The Morgan fingerprint density at radius 3 is 2.61 bits per heavy atom. The lowest BCUT2D eigenvalue weighted by Crippen LogP contribution is -2.33. The van der Waals surface area contributed by atoms with E-state index < -0.39 is 0 Å². The molecule has 33 heavy (non-hydrogen) atoms. The molecule has 3 amide bonds. The number of aromatic nitrogens is 1. The van der Waals surface area contributed by atoms with Crippen molar-refractivity contribution in [1.82, 2.24) is 9.88 Å². The third kappa shape index (κ3) is 5.14. The number of likely N-dealkylation sites (tertiary alicyclic amines) is 1. The van der Waals surface area contributed by atoms with E-state index in [1.807, 2.05) is 39.0 Å². The van der Waals surface area contributed by atoms with Gasteiger partial charge in [-0.2, -0.15) is 0 Å². The van der Waals surface area contributed by atoms with Gasteiger partial charge in [0.2, 0.25) is 11.8 Å². The number of nitrogens with one attached hydrogen (secondary N) is 2. The minimum Gasteiger partial charge on any atom is -0.494 e. The number of amides is 3. The molecule has 8 nitrogen and oxygen atoms in total. The van der Waals surface area contributed by atoms with Gasteiger partial charge in [0.25, 0.3) is 5.91 Å². The molecule has 1 aliphatic rings. The summed E-state index contributed by atoms with van der Waals surface area (Å²) in [4.78, 5) is 43.4. The number of thiazole rings is 1. The first-order valence-electron chi connectivity index (χ1n) is 10.9. The fraction of sp³-hybridized carbons (Fsp3) is 0.333. The number of hydrogen-bond donors (Lipinski definition) is 2. The first-order valence-corrected chi connectivity index (χ1v) is 11.7. The van der Waals surface area contributed by atoms with Crippen molar-refractivity contribution in [3.05, 3.63) is 48.0 Å². The van der Waals surface area contributed by atoms with E-state index in [4.69, 9.17) is 4.74 Å². The lowest BCUT2D eigenvalue weighted by atomic mass is 10.1. The number of benzene rings is 2. The molecule has 1 atom stereocenters. The van der Waals surface area contributed by atoms with E-state index in [-0.39, 0.29) is 36.1 Å². The summed E-state index contributed by atoms with van der Waals surface area (Å²) in [5.41, 5.74) is 1.82. The van der Waals surface area contributed by atoms with Crippen LogP contribution in [0.3, 0.4) is 0 Å². The average Bonchev–Trinajstić information content (AvgIpc) is 3.37. The summed E-state index contributed by atoms with van der Waals surface area (Å²) in [5, 5.41) is 6.16. The Morgan fingerprint density at radius 2 is 1.94 bits per heavy atom. The van der Waals surface area contributed by atoms with Crippen molar-refractivity contribution in [2.24, 2.45) is 5.92 Å². The second-order valence-corrected chi connectivity index (χ2v) is 9.17. The van der Waals surface area contributed by atoms with Gasteiger partial charge in [-0.1, -0.05) is 11.3 Å². The van der Waals surface area contributed by atoms with E-state index in [9.17, 15) is 14.4 Å². The predicted octanol–water partition coefficient (Wildman–Crippen LogP) is 4.14. The second-order valence-electron chi connectivity index (χ2n) is 8.14. The molecule has 0 saturated carbocycles. The minimum atomic E-state index is -0.370. The van der Waals surface area contributed by atoms with Gasteiger partial charge in [0.1, 0.15) is 5.75 Å². The molecule has 9 heteroatoms. The number of anilines is 2. The van der Waals surface area contributed by atoms with Crippen molar-refractivity contribution in [1.29, 1.82) is 0 Å². The molecule has 0 spiro atoms. The van der Waals surface area contributed by atoms with Gasteiger partial charge < -0.3 is 15.0 Å². The molecule has 172 valence electrons. The number of hydrogen-bond acceptors (Lipinski definition) is 6. The van der Waals surface area contributed by atoms with E-state index in [2.05, 4.69) is 15.6 Å². The molecule has 1 saturated heterocycles. The van der Waals surface area contributed by atoms with Crippen molar-refractivity contribution < 1.29 is 19.1 Å². The zero-order valence-corrected chi connectivity index (χ0v) is 19.6. The van der Waals surface area contributed by atoms with Gasteiger partial charge in [-0.3, -0.25) is 19.7 Å². The Hall–Kier alpha value is -3.46. The number of fused-ring (bicyclic) bond motifs is 1. The molecule has 0 radical (unpaired) electrons. The lowest BCUT2D eigenvalue weighted by Gasteiger charge is -2.20. The van der Waals surface area contributed by atoms with Crippen LogP contribution < -0.4 is 15.4 Å². The molecular formula is C24H26N4O4S. The zero-order valence-electron chi connectivity index (χ0n) is 18.8. The Bertz CT molecular complexity index is 1190. The molecule has 1 aliphatic heterocycles. The highest BCUT2D eigenvalue weighted by molar-refractivity contribution is 7.22. The molecule has 0 aliphatic carbocycles. The van der Waals surface area contributed by atoms with Crippen LogP contribution in [-0.4, -0.2) is 46.8 Å². The molecule has 0 bridgehead atoms. The Morgan fingerprint density at radius 1 is 1.18 bits per heavy atom. The van der Waals surface area contributed by atoms with E-state index >= 15 is 0 Å². The van der Waals surface area contributed by atoms with Crippen LogP contribution >= 0.6 is 11.3 Å². The van der Waals surface area contributed by atoms with Gasteiger partial charge in [0.15, 0.2) is 5.13 Å². The van der Waals surface area contributed by atoms with Crippen LogP contribution in [0.1, 0.15) is 37.6 Å². The van der Waals surface area contributed by atoms with E-state index in [1.165, 1.54) is 11.3 Å². The molecule has 2 N–H and O–H groups in total. The molecule has 2 heterocycles. The second kappa shape index (κ2) is 9.58. The van der Waals surface area contributed by atoms with Crippen molar-refractivity contribution in [2.75, 3.05) is 23.8 Å². The predicted molar refractivity (Wildman–Crippen MR) is 129 cm³/mol. The Labute approximate surface area is 195 Å². The standard InChI is InChI=1S/C24H26N4O4S/c1-4-32-18-9-10-19-20(12-18)33-24(26-19)27-22(30)15-5-7-17(8-6-15)25-23(31)16-11-21(29)28(13-16)14(2)3/h5-10,12,14,16H,4,11,13H2,1-3H3,(H,25,31)(H,26,27,30). The zero-order chi connectivity index (χ0) is 23.5. The van der Waals surface area contributed by atoms with Crippen molar-refractivity contribution in [3.8, 4) is 5.75 Å². The van der Waals surface area contributed by atoms with Gasteiger partial charge in [0.05, 0.1) is 22.7 Å². The fourth-order valence-electron chi connectivity index (χ4n) is 3.74. The van der Waals surface area contributed by atoms with Gasteiger partial charge in [-0.05, 0) is 63.2 Å². The monoisotopic (exact) mass is 466 g/mol. The fourth-order valence-corrected chi connectivity index (χ4v) is 4.63. The molecule has 3 aromatic rings. The lowest BCUT2D eigenvalue weighted by molar-refractivity contribution is -0.129. The van der Waals surface area contributed by atoms with Gasteiger partial charge in [0, 0.05) is 30.3 Å². The third-order valence-electron chi connectivity index (χ3n) is 5.46. The van der Waals surface area contributed by atoms with Gasteiger partial charge in [-0.15, -0.1) is 0 Å². The summed E-state index contributed by atoms with van der Waals surface area (Å²) in [6.07, 6.45) is 0.221. The van der Waals surface area contributed by atoms with Crippen molar-refractivity contribution in [3.63, 3.8) is 0 Å². The van der Waals surface area contributed by atoms with Crippen LogP contribution in [0.15, 0.2) is 42.5 Å². The minimum absolute atomic E-state index is 0.00105. The van der Waals surface area contributed by atoms with Crippen molar-refractivity contribution in [2.45, 2.75) is 33.2 Å². The molecule has 1 aromatic heterocycles. The number of rotatable bonds is 7. The maximum atomic E-state index is 12.6. The maximum absolute atomic E-state index is 12.6. The number of carbonyl (C=O) groups excluding carboxylic acids is 3. The summed E-state index contributed by atoms with van der Waals surface area (Å²) < 4.78 is 6.43. The van der Waals surface area contributed by atoms with E-state index in [1.54, 1.807) is 29.2 Å². The van der Waals surface area contributed by atoms with E-state index in [0.29, 0.717) is 29.5 Å². The molecule has 1 unspecified atom stereocenters. The first kappa shape index (κ1) is 22.7. The summed E-state index contributed by atoms with van der Waals surface area (Å²) >= 11 is 1.38. The van der Waals surface area contributed by atoms with Crippen LogP contribution in [0.2, 0.25) is 0 Å². The summed E-state index contributed by atoms with van der Waals surface area (Å²) in [6, 6.07) is 12.3. The highest BCUT2D eigenvalue weighted by Crippen LogP contribution is 2.29. The molecule has 4 rings (SSSR count). The Balaban J connectivity index is 1.37. The summed E-state index contributed by atoms with van der Waals surface area (Å²) in [7, 11) is 0. The topological polar surface area (TPSA) is 101 Å². The molecule has 2 aromatic carbocycles. The largest absolute Gasteiger partial charge is 0.494 e. The normalized spacial score (nSPS) is 15.8. The van der Waals surface area contributed by atoms with Crippen LogP contribution in [-0.2, 0) is 9.59 Å². The first-order chi connectivity index (χ1) is 15.8. The highest BCUT2D eigenvalue weighted by atomic mass is 32.1.